The van der Waals surface area contributed by atoms with Gasteiger partial charge in [0, 0.05) is 19.5 Å². The summed E-state index contributed by atoms with van der Waals surface area (Å²) >= 11 is 0. The van der Waals surface area contributed by atoms with Gasteiger partial charge < -0.3 is 10.6 Å². The first-order valence-electron chi connectivity index (χ1n) is 4.69. The van der Waals surface area contributed by atoms with Gasteiger partial charge in [0.05, 0.1) is 5.84 Å². The molecule has 70 valence electrons. The molecule has 0 radical (unpaired) electrons. The van der Waals surface area contributed by atoms with Crippen LogP contribution >= 0.6 is 0 Å². The van der Waals surface area contributed by atoms with Gasteiger partial charge in [-0.3, -0.25) is 4.99 Å². The van der Waals surface area contributed by atoms with Crippen LogP contribution in [0.2, 0.25) is 0 Å². The number of rotatable bonds is 3. The Labute approximate surface area is 74.6 Å². The smallest absolute Gasteiger partial charge is 0.0934 e. The molecular formula is C9H19N3. The van der Waals surface area contributed by atoms with Crippen molar-refractivity contribution in [2.75, 3.05) is 26.7 Å². The van der Waals surface area contributed by atoms with Gasteiger partial charge in [0.25, 0.3) is 0 Å². The Hall–Kier alpha value is -0.570. The van der Waals surface area contributed by atoms with Crippen LogP contribution in [0.15, 0.2) is 4.99 Å². The minimum atomic E-state index is 0.736. The summed E-state index contributed by atoms with van der Waals surface area (Å²) in [5.41, 5.74) is 5.62. The second-order valence-electron chi connectivity index (χ2n) is 3.60. The second-order valence-corrected chi connectivity index (χ2v) is 3.60. The molecule has 0 spiro atoms. The Balaban J connectivity index is 2.24. The maximum atomic E-state index is 5.62. The maximum absolute atomic E-state index is 5.62. The molecule has 0 bridgehead atoms. The summed E-state index contributed by atoms with van der Waals surface area (Å²) in [5, 5.41) is 0. The Kier molecular flexibility index (Phi) is 3.53. The number of nitrogens with two attached hydrogens (primary N) is 1. The minimum absolute atomic E-state index is 0.736. The molecule has 1 fully saturated rings. The topological polar surface area (TPSA) is 41.6 Å². The zero-order chi connectivity index (χ0) is 8.97. The monoisotopic (exact) mass is 169 g/mol. The first kappa shape index (κ1) is 9.52. The van der Waals surface area contributed by atoms with Gasteiger partial charge in [-0.15, -0.1) is 0 Å². The Bertz CT molecular complexity index is 165. The van der Waals surface area contributed by atoms with Crippen LogP contribution in [0.5, 0.6) is 0 Å². The van der Waals surface area contributed by atoms with Gasteiger partial charge in [-0.25, -0.2) is 0 Å². The standard InChI is InChI=1S/C9H19N3/c1-3-9(10)11-6-8-4-5-12(2)7-8/h8H,3-7H2,1-2H3,(H2,10,11). The molecule has 0 aromatic heterocycles. The highest BCUT2D eigenvalue weighted by Gasteiger charge is 2.18. The Morgan fingerprint density at radius 1 is 1.67 bits per heavy atom. The van der Waals surface area contributed by atoms with Gasteiger partial charge >= 0.3 is 0 Å². The summed E-state index contributed by atoms with van der Waals surface area (Å²) in [5.74, 6) is 1.53. The van der Waals surface area contributed by atoms with E-state index in [1.165, 1.54) is 19.5 Å². The molecule has 12 heavy (non-hydrogen) atoms. The molecule has 1 aliphatic heterocycles. The lowest BCUT2D eigenvalue weighted by Gasteiger charge is -2.07. The van der Waals surface area contributed by atoms with Crippen molar-refractivity contribution in [1.29, 1.82) is 0 Å². The first-order chi connectivity index (χ1) is 5.72. The predicted octanol–water partition coefficient (Wildman–Crippen LogP) is 0.705. The third-order valence-corrected chi connectivity index (χ3v) is 2.40. The Morgan fingerprint density at radius 2 is 2.42 bits per heavy atom. The molecule has 3 heteroatoms. The van der Waals surface area contributed by atoms with Crippen LogP contribution in [-0.2, 0) is 0 Å². The highest BCUT2D eigenvalue weighted by Crippen LogP contribution is 2.14. The van der Waals surface area contributed by atoms with Crippen LogP contribution in [0.25, 0.3) is 0 Å². The van der Waals surface area contributed by atoms with Crippen molar-refractivity contribution in [2.45, 2.75) is 19.8 Å². The summed E-state index contributed by atoms with van der Waals surface area (Å²) in [7, 11) is 2.16. The van der Waals surface area contributed by atoms with Crippen LogP contribution < -0.4 is 5.73 Å². The molecule has 0 aliphatic carbocycles. The van der Waals surface area contributed by atoms with Crippen molar-refractivity contribution in [3.63, 3.8) is 0 Å². The number of hydrogen-bond acceptors (Lipinski definition) is 2. The molecule has 3 nitrogen and oxygen atoms in total. The third kappa shape index (κ3) is 2.81. The van der Waals surface area contributed by atoms with Gasteiger partial charge in [-0.05, 0) is 25.9 Å². The minimum Gasteiger partial charge on any atom is -0.387 e. The van der Waals surface area contributed by atoms with Crippen molar-refractivity contribution in [3.05, 3.63) is 0 Å². The molecular weight excluding hydrogens is 150 g/mol. The van der Waals surface area contributed by atoms with E-state index < -0.39 is 0 Å². The van der Waals surface area contributed by atoms with Gasteiger partial charge in [0.2, 0.25) is 0 Å². The normalized spacial score (nSPS) is 26.5. The van der Waals surface area contributed by atoms with Crippen LogP contribution in [0.3, 0.4) is 0 Å². The summed E-state index contributed by atoms with van der Waals surface area (Å²) < 4.78 is 0. The van der Waals surface area contributed by atoms with E-state index in [9.17, 15) is 0 Å². The summed E-state index contributed by atoms with van der Waals surface area (Å²) in [4.78, 5) is 6.68. The number of amidine groups is 1. The molecule has 1 unspecified atom stereocenters. The number of aliphatic imine (C=N–C) groups is 1. The Morgan fingerprint density at radius 3 is 2.92 bits per heavy atom. The van der Waals surface area contributed by atoms with Gasteiger partial charge in [-0.1, -0.05) is 6.92 Å². The fraction of sp³-hybridized carbons (Fsp3) is 0.889. The van der Waals surface area contributed by atoms with Crippen molar-refractivity contribution >= 4 is 5.84 Å². The quantitative estimate of drug-likeness (QED) is 0.499. The summed E-state index contributed by atoms with van der Waals surface area (Å²) in [6, 6.07) is 0. The van der Waals surface area contributed by atoms with Crippen molar-refractivity contribution < 1.29 is 0 Å². The molecule has 0 aromatic rings. The summed E-state index contributed by atoms with van der Waals surface area (Å²) in [6.45, 7) is 5.36. The number of nitrogens with zero attached hydrogens (tertiary/aromatic N) is 2. The van der Waals surface area contributed by atoms with E-state index in [4.69, 9.17) is 5.73 Å². The lowest BCUT2D eigenvalue weighted by Crippen LogP contribution is -2.17. The fourth-order valence-corrected chi connectivity index (χ4v) is 1.53. The molecule has 1 saturated heterocycles. The SMILES string of the molecule is CCC(N)=NCC1CCN(C)C1. The van der Waals surface area contributed by atoms with Crippen molar-refractivity contribution in [3.8, 4) is 0 Å². The average Bonchev–Trinajstić information content (AvgIpc) is 2.47. The lowest BCUT2D eigenvalue weighted by molar-refractivity contribution is 0.397. The van der Waals surface area contributed by atoms with E-state index in [1.54, 1.807) is 0 Å². The van der Waals surface area contributed by atoms with Gasteiger partial charge in [-0.2, -0.15) is 0 Å². The summed E-state index contributed by atoms with van der Waals surface area (Å²) in [6.07, 6.45) is 2.15. The van der Waals surface area contributed by atoms with Crippen molar-refractivity contribution in [2.24, 2.45) is 16.6 Å². The van der Waals surface area contributed by atoms with E-state index >= 15 is 0 Å². The van der Waals surface area contributed by atoms with Crippen LogP contribution in [-0.4, -0.2) is 37.4 Å². The maximum Gasteiger partial charge on any atom is 0.0934 e. The average molecular weight is 169 g/mol. The zero-order valence-corrected chi connectivity index (χ0v) is 8.08. The van der Waals surface area contributed by atoms with E-state index in [2.05, 4.69) is 16.9 Å². The predicted molar refractivity (Wildman–Crippen MR) is 52.4 cm³/mol. The molecule has 1 rings (SSSR count). The van der Waals surface area contributed by atoms with Gasteiger partial charge in [0.1, 0.15) is 0 Å². The molecule has 1 aliphatic rings. The van der Waals surface area contributed by atoms with Gasteiger partial charge in [0.15, 0.2) is 0 Å². The highest BCUT2D eigenvalue weighted by atomic mass is 15.1. The molecule has 1 heterocycles. The van der Waals surface area contributed by atoms with Crippen LogP contribution in [0.4, 0.5) is 0 Å². The molecule has 0 amide bonds. The first-order valence-corrected chi connectivity index (χ1v) is 4.69. The van der Waals surface area contributed by atoms with Crippen LogP contribution in [0, 0.1) is 5.92 Å². The fourth-order valence-electron chi connectivity index (χ4n) is 1.53. The molecule has 0 saturated carbocycles. The highest BCUT2D eigenvalue weighted by molar-refractivity contribution is 5.79. The van der Waals surface area contributed by atoms with E-state index in [-0.39, 0.29) is 0 Å². The van der Waals surface area contributed by atoms with E-state index in [0.29, 0.717) is 0 Å². The van der Waals surface area contributed by atoms with E-state index in [0.717, 1.165) is 24.7 Å². The largest absolute Gasteiger partial charge is 0.387 e. The van der Waals surface area contributed by atoms with Crippen molar-refractivity contribution in [1.82, 2.24) is 4.90 Å². The lowest BCUT2D eigenvalue weighted by atomic mass is 10.1. The second kappa shape index (κ2) is 4.45. The third-order valence-electron chi connectivity index (χ3n) is 2.40. The molecule has 2 N–H and O–H groups in total. The molecule has 1 atom stereocenters. The molecule has 0 aromatic carbocycles. The number of hydrogen-bond donors (Lipinski definition) is 1. The number of likely N-dealkylation sites (tertiary alicyclic amines) is 1. The zero-order valence-electron chi connectivity index (χ0n) is 8.08. The van der Waals surface area contributed by atoms with E-state index in [1.807, 2.05) is 6.92 Å². The van der Waals surface area contributed by atoms with Crippen LogP contribution in [0.1, 0.15) is 19.8 Å².